The quantitative estimate of drug-likeness (QED) is 0.532. The van der Waals surface area contributed by atoms with Gasteiger partial charge in [-0.15, -0.1) is 0 Å². The SMILES string of the molecule is N#CCCC(=O)c1ccc(-c2ccnc(Nc3ccc(N4CC5CCC(C4)O5)cc3)n2)cc1. The van der Waals surface area contributed by atoms with E-state index in [0.717, 1.165) is 42.9 Å². The van der Waals surface area contributed by atoms with Crippen molar-refractivity contribution in [2.24, 2.45) is 0 Å². The molecule has 1 N–H and O–H groups in total. The Hall–Kier alpha value is -3.76. The molecule has 0 radical (unpaired) electrons. The smallest absolute Gasteiger partial charge is 0.227 e. The first-order valence-corrected chi connectivity index (χ1v) is 11.3. The molecule has 2 saturated heterocycles. The fraction of sp³-hybridized carbons (Fsp3) is 0.308. The van der Waals surface area contributed by atoms with E-state index in [0.29, 0.717) is 23.7 Å². The Labute approximate surface area is 193 Å². The molecule has 2 atom stereocenters. The summed E-state index contributed by atoms with van der Waals surface area (Å²) in [6.07, 6.45) is 5.24. The Morgan fingerprint density at radius 3 is 2.48 bits per heavy atom. The average Bonchev–Trinajstić information content (AvgIpc) is 3.20. The molecule has 7 nitrogen and oxygen atoms in total. The van der Waals surface area contributed by atoms with Crippen LogP contribution >= 0.6 is 0 Å². The first-order valence-electron chi connectivity index (χ1n) is 11.3. The zero-order valence-electron chi connectivity index (χ0n) is 18.3. The van der Waals surface area contributed by atoms with Crippen molar-refractivity contribution in [3.05, 3.63) is 66.4 Å². The second-order valence-corrected chi connectivity index (χ2v) is 8.46. The van der Waals surface area contributed by atoms with Gasteiger partial charge in [0.05, 0.1) is 24.0 Å². The van der Waals surface area contributed by atoms with Crippen molar-refractivity contribution in [1.82, 2.24) is 9.97 Å². The third kappa shape index (κ3) is 4.86. The average molecular weight is 440 g/mol. The van der Waals surface area contributed by atoms with Crippen LogP contribution in [0.2, 0.25) is 0 Å². The van der Waals surface area contributed by atoms with E-state index in [4.69, 9.17) is 10.00 Å². The van der Waals surface area contributed by atoms with Crippen molar-refractivity contribution < 1.29 is 9.53 Å². The number of Topliss-reactive ketones (excluding diaryl/α,β-unsaturated/α-hetero) is 1. The van der Waals surface area contributed by atoms with Crippen molar-refractivity contribution >= 4 is 23.1 Å². The monoisotopic (exact) mass is 439 g/mol. The van der Waals surface area contributed by atoms with E-state index >= 15 is 0 Å². The second-order valence-electron chi connectivity index (χ2n) is 8.46. The topological polar surface area (TPSA) is 91.1 Å². The summed E-state index contributed by atoms with van der Waals surface area (Å²) in [5.74, 6) is 0.486. The Balaban J connectivity index is 1.25. The van der Waals surface area contributed by atoms with Gasteiger partial charge in [-0.1, -0.05) is 24.3 Å². The highest BCUT2D eigenvalue weighted by Gasteiger charge is 2.33. The molecule has 2 bridgehead atoms. The maximum absolute atomic E-state index is 12.1. The van der Waals surface area contributed by atoms with Gasteiger partial charge >= 0.3 is 0 Å². The first-order chi connectivity index (χ1) is 16.2. The summed E-state index contributed by atoms with van der Waals surface area (Å²) in [6, 6.07) is 19.5. The molecule has 166 valence electrons. The van der Waals surface area contributed by atoms with Gasteiger partial charge in [0, 0.05) is 54.6 Å². The fourth-order valence-electron chi connectivity index (χ4n) is 4.43. The summed E-state index contributed by atoms with van der Waals surface area (Å²) in [4.78, 5) is 23.4. The molecule has 0 saturated carbocycles. The predicted molar refractivity (Wildman–Crippen MR) is 126 cm³/mol. The third-order valence-electron chi connectivity index (χ3n) is 6.15. The summed E-state index contributed by atoms with van der Waals surface area (Å²) >= 11 is 0. The summed E-state index contributed by atoms with van der Waals surface area (Å²) in [5.41, 5.74) is 4.40. The van der Waals surface area contributed by atoms with Crippen LogP contribution in [0.5, 0.6) is 0 Å². The highest BCUT2D eigenvalue weighted by Crippen LogP contribution is 2.30. The molecule has 2 unspecified atom stereocenters. The largest absolute Gasteiger partial charge is 0.371 e. The molecule has 0 aliphatic carbocycles. The van der Waals surface area contributed by atoms with Gasteiger partial charge < -0.3 is 15.0 Å². The lowest BCUT2D eigenvalue weighted by molar-refractivity contribution is 0.0305. The lowest BCUT2D eigenvalue weighted by Crippen LogP contribution is -2.42. The summed E-state index contributed by atoms with van der Waals surface area (Å²) in [5, 5.41) is 11.9. The van der Waals surface area contributed by atoms with Crippen LogP contribution in [0, 0.1) is 11.3 Å². The van der Waals surface area contributed by atoms with Gasteiger partial charge in [-0.25, -0.2) is 9.97 Å². The van der Waals surface area contributed by atoms with Gasteiger partial charge in [0.1, 0.15) is 0 Å². The number of hydrogen-bond donors (Lipinski definition) is 1. The molecule has 2 aliphatic heterocycles. The highest BCUT2D eigenvalue weighted by molar-refractivity contribution is 5.96. The molecule has 0 amide bonds. The number of aromatic nitrogens is 2. The van der Waals surface area contributed by atoms with Crippen molar-refractivity contribution in [3.8, 4) is 17.3 Å². The van der Waals surface area contributed by atoms with Gasteiger partial charge in [-0.05, 0) is 43.2 Å². The van der Waals surface area contributed by atoms with E-state index in [2.05, 4.69) is 32.3 Å². The number of benzene rings is 2. The molecule has 1 aromatic heterocycles. The maximum Gasteiger partial charge on any atom is 0.227 e. The third-order valence-corrected chi connectivity index (χ3v) is 6.15. The van der Waals surface area contributed by atoms with E-state index < -0.39 is 0 Å². The second kappa shape index (κ2) is 9.39. The Kier molecular flexibility index (Phi) is 6.01. The molecule has 3 aromatic rings. The van der Waals surface area contributed by atoms with Gasteiger partial charge in [0.25, 0.3) is 0 Å². The van der Waals surface area contributed by atoms with Crippen LogP contribution in [0.3, 0.4) is 0 Å². The van der Waals surface area contributed by atoms with Gasteiger partial charge in [0.2, 0.25) is 5.95 Å². The van der Waals surface area contributed by atoms with Crippen LogP contribution in [0.15, 0.2) is 60.8 Å². The number of anilines is 3. The van der Waals surface area contributed by atoms with E-state index in [-0.39, 0.29) is 18.6 Å². The summed E-state index contributed by atoms with van der Waals surface area (Å²) in [7, 11) is 0. The minimum Gasteiger partial charge on any atom is -0.371 e. The van der Waals surface area contributed by atoms with Crippen LogP contribution in [0.4, 0.5) is 17.3 Å². The standard InChI is InChI=1S/C26H25N5O2/c27-14-1-2-25(32)19-5-3-18(4-6-19)24-13-15-28-26(30-24)29-20-7-9-21(10-8-20)31-16-22-11-12-23(17-31)33-22/h3-10,13,15,22-23H,1-2,11-12,16-17H2,(H,28,29,30). The van der Waals surface area contributed by atoms with Crippen molar-refractivity contribution in [2.45, 2.75) is 37.9 Å². The van der Waals surface area contributed by atoms with Crippen LogP contribution in [-0.4, -0.2) is 41.0 Å². The zero-order valence-corrected chi connectivity index (χ0v) is 18.3. The lowest BCUT2D eigenvalue weighted by atomic mass is 10.0. The molecule has 5 rings (SSSR count). The highest BCUT2D eigenvalue weighted by atomic mass is 16.5. The number of morpholine rings is 1. The van der Waals surface area contributed by atoms with E-state index in [1.165, 1.54) is 5.69 Å². The van der Waals surface area contributed by atoms with Crippen molar-refractivity contribution in [2.75, 3.05) is 23.3 Å². The predicted octanol–water partition coefficient (Wildman–Crippen LogP) is 4.74. The van der Waals surface area contributed by atoms with Gasteiger partial charge in [-0.2, -0.15) is 5.26 Å². The molecule has 33 heavy (non-hydrogen) atoms. The Morgan fingerprint density at radius 1 is 1.06 bits per heavy atom. The van der Waals surface area contributed by atoms with Crippen LogP contribution in [0.25, 0.3) is 11.3 Å². The minimum atomic E-state index is -0.0266. The van der Waals surface area contributed by atoms with E-state index in [9.17, 15) is 4.79 Å². The number of fused-ring (bicyclic) bond motifs is 2. The Bertz CT molecular complexity index is 1160. The number of carbonyl (C=O) groups excluding carboxylic acids is 1. The van der Waals surface area contributed by atoms with Crippen LogP contribution in [-0.2, 0) is 4.74 Å². The number of rotatable bonds is 7. The number of nitrogens with zero attached hydrogens (tertiary/aromatic N) is 4. The van der Waals surface area contributed by atoms with E-state index in [1.807, 2.05) is 36.4 Å². The van der Waals surface area contributed by atoms with Crippen molar-refractivity contribution in [3.63, 3.8) is 0 Å². The molecule has 2 fully saturated rings. The molecule has 7 heteroatoms. The van der Waals surface area contributed by atoms with Crippen LogP contribution < -0.4 is 10.2 Å². The molecule has 2 aliphatic rings. The molecule has 3 heterocycles. The normalized spacial score (nSPS) is 19.2. The summed E-state index contributed by atoms with van der Waals surface area (Å²) in [6.45, 7) is 1.91. The lowest BCUT2D eigenvalue weighted by Gasteiger charge is -2.33. The molecule has 2 aromatic carbocycles. The van der Waals surface area contributed by atoms with E-state index in [1.54, 1.807) is 18.3 Å². The molecule has 0 spiro atoms. The number of carbonyl (C=O) groups is 1. The summed E-state index contributed by atoms with van der Waals surface area (Å²) < 4.78 is 5.93. The Morgan fingerprint density at radius 2 is 1.79 bits per heavy atom. The zero-order chi connectivity index (χ0) is 22.6. The van der Waals surface area contributed by atoms with Gasteiger partial charge in [-0.3, -0.25) is 4.79 Å². The maximum atomic E-state index is 12.1. The van der Waals surface area contributed by atoms with Crippen molar-refractivity contribution in [1.29, 1.82) is 5.26 Å². The number of nitriles is 1. The first kappa shape index (κ1) is 21.1. The van der Waals surface area contributed by atoms with Gasteiger partial charge in [0.15, 0.2) is 5.78 Å². The number of nitrogens with one attached hydrogen (secondary N) is 1. The minimum absolute atomic E-state index is 0.0266. The van der Waals surface area contributed by atoms with Crippen LogP contribution in [0.1, 0.15) is 36.0 Å². The molecular weight excluding hydrogens is 414 g/mol. The molecular formula is C26H25N5O2. The number of ether oxygens (including phenoxy) is 1. The fourth-order valence-corrected chi connectivity index (χ4v) is 4.43. The number of hydrogen-bond acceptors (Lipinski definition) is 7. The number of ketones is 1.